The second-order valence-electron chi connectivity index (χ2n) is 4.67. The summed E-state index contributed by atoms with van der Waals surface area (Å²) in [5.74, 6) is -2.77. The molecule has 6 heteroatoms. The summed E-state index contributed by atoms with van der Waals surface area (Å²) in [4.78, 5) is 11.7. The predicted molar refractivity (Wildman–Crippen MR) is 71.9 cm³/mol. The minimum Gasteiger partial charge on any atom is -0.388 e. The zero-order valence-corrected chi connectivity index (χ0v) is 12.4. The molecule has 0 heterocycles. The van der Waals surface area contributed by atoms with Crippen LogP contribution >= 0.6 is 15.9 Å². The van der Waals surface area contributed by atoms with Crippen LogP contribution in [0.1, 0.15) is 37.0 Å². The van der Waals surface area contributed by atoms with Gasteiger partial charge < -0.3 is 10.4 Å². The number of hydrogen-bond acceptors (Lipinski definition) is 2. The molecule has 1 rings (SSSR count). The third-order valence-corrected chi connectivity index (χ3v) is 3.11. The molecule has 0 radical (unpaired) electrons. The summed E-state index contributed by atoms with van der Waals surface area (Å²) in [7, 11) is 0. The molecule has 1 atom stereocenters. The summed E-state index contributed by atoms with van der Waals surface area (Å²) in [5.41, 5.74) is -1.73. The van der Waals surface area contributed by atoms with Crippen molar-refractivity contribution < 1.29 is 18.7 Å². The van der Waals surface area contributed by atoms with E-state index in [9.17, 15) is 18.7 Å². The highest BCUT2D eigenvalue weighted by Crippen LogP contribution is 2.19. The van der Waals surface area contributed by atoms with E-state index in [2.05, 4.69) is 21.2 Å². The fourth-order valence-corrected chi connectivity index (χ4v) is 2.15. The van der Waals surface area contributed by atoms with Crippen molar-refractivity contribution in [2.45, 2.75) is 32.3 Å². The van der Waals surface area contributed by atoms with Crippen LogP contribution in [0.5, 0.6) is 0 Å². The highest BCUT2D eigenvalue weighted by Gasteiger charge is 2.23. The van der Waals surface area contributed by atoms with E-state index in [1.807, 2.05) is 6.92 Å². The van der Waals surface area contributed by atoms with Crippen LogP contribution in [0.2, 0.25) is 0 Å². The maximum absolute atomic E-state index is 13.5. The van der Waals surface area contributed by atoms with Gasteiger partial charge in [-0.3, -0.25) is 4.79 Å². The van der Waals surface area contributed by atoms with E-state index in [1.165, 1.54) is 0 Å². The van der Waals surface area contributed by atoms with Crippen molar-refractivity contribution in [3.8, 4) is 0 Å². The Labute approximate surface area is 119 Å². The van der Waals surface area contributed by atoms with E-state index < -0.39 is 28.7 Å². The van der Waals surface area contributed by atoms with Gasteiger partial charge in [-0.05, 0) is 25.5 Å². The quantitative estimate of drug-likeness (QED) is 0.868. The molecule has 0 aliphatic carbocycles. The molecular weight excluding hydrogens is 320 g/mol. The molecule has 1 aromatic carbocycles. The molecule has 106 valence electrons. The topological polar surface area (TPSA) is 49.3 Å². The van der Waals surface area contributed by atoms with Crippen LogP contribution < -0.4 is 5.32 Å². The van der Waals surface area contributed by atoms with E-state index in [0.717, 1.165) is 18.6 Å². The Morgan fingerprint density at radius 3 is 2.42 bits per heavy atom. The molecule has 1 aromatic rings. The normalized spacial score (nSPS) is 14.0. The van der Waals surface area contributed by atoms with Crippen LogP contribution in [-0.4, -0.2) is 23.2 Å². The van der Waals surface area contributed by atoms with E-state index in [0.29, 0.717) is 6.42 Å². The molecule has 0 aromatic heterocycles. The Hall–Kier alpha value is -1.01. The molecular formula is C13H16BrF2NO2. The fourth-order valence-electron chi connectivity index (χ4n) is 1.75. The number of benzene rings is 1. The lowest BCUT2D eigenvalue weighted by atomic mass is 10.0. The van der Waals surface area contributed by atoms with Gasteiger partial charge in [0.2, 0.25) is 0 Å². The summed E-state index contributed by atoms with van der Waals surface area (Å²) in [5, 5.41) is 12.2. The SMILES string of the molecule is CCCC(C)(O)CNC(=O)c1c(F)cc(Br)cc1F. The van der Waals surface area contributed by atoms with Crippen molar-refractivity contribution in [1.29, 1.82) is 0 Å². The summed E-state index contributed by atoms with van der Waals surface area (Å²) in [6.45, 7) is 3.39. The standard InChI is InChI=1S/C13H16BrF2NO2/c1-3-4-13(2,19)7-17-12(18)11-9(15)5-8(14)6-10(11)16/h5-6,19H,3-4,7H2,1-2H3,(H,17,18). The molecule has 0 bridgehead atoms. The number of nitrogens with one attached hydrogen (secondary N) is 1. The van der Waals surface area contributed by atoms with E-state index in [4.69, 9.17) is 0 Å². The van der Waals surface area contributed by atoms with Crippen LogP contribution in [0.3, 0.4) is 0 Å². The van der Waals surface area contributed by atoms with Crippen molar-refractivity contribution in [1.82, 2.24) is 5.32 Å². The molecule has 1 amide bonds. The molecule has 2 N–H and O–H groups in total. The molecule has 0 spiro atoms. The van der Waals surface area contributed by atoms with Gasteiger partial charge in [0.25, 0.3) is 5.91 Å². The fraction of sp³-hybridized carbons (Fsp3) is 0.462. The van der Waals surface area contributed by atoms with Crippen LogP contribution in [0.15, 0.2) is 16.6 Å². The van der Waals surface area contributed by atoms with E-state index in [-0.39, 0.29) is 11.0 Å². The van der Waals surface area contributed by atoms with Crippen molar-refractivity contribution in [3.63, 3.8) is 0 Å². The van der Waals surface area contributed by atoms with Gasteiger partial charge in [0.15, 0.2) is 0 Å². The molecule has 0 saturated heterocycles. The lowest BCUT2D eigenvalue weighted by molar-refractivity contribution is 0.0467. The number of aliphatic hydroxyl groups is 1. The van der Waals surface area contributed by atoms with Gasteiger partial charge in [-0.2, -0.15) is 0 Å². The third-order valence-electron chi connectivity index (χ3n) is 2.65. The van der Waals surface area contributed by atoms with Crippen molar-refractivity contribution in [2.24, 2.45) is 0 Å². The molecule has 0 aliphatic heterocycles. The zero-order valence-electron chi connectivity index (χ0n) is 10.8. The Kier molecular flexibility index (Phi) is 5.43. The predicted octanol–water partition coefficient (Wildman–Crippen LogP) is 3.01. The highest BCUT2D eigenvalue weighted by atomic mass is 79.9. The first kappa shape index (κ1) is 16.0. The monoisotopic (exact) mass is 335 g/mol. The number of rotatable bonds is 5. The van der Waals surface area contributed by atoms with Gasteiger partial charge in [-0.15, -0.1) is 0 Å². The summed E-state index contributed by atoms with van der Waals surface area (Å²) in [6, 6.07) is 2.03. The van der Waals surface area contributed by atoms with Crippen molar-refractivity contribution in [3.05, 3.63) is 33.8 Å². The lowest BCUT2D eigenvalue weighted by Gasteiger charge is -2.23. The van der Waals surface area contributed by atoms with Crippen molar-refractivity contribution in [2.75, 3.05) is 6.54 Å². The molecule has 1 unspecified atom stereocenters. The van der Waals surface area contributed by atoms with E-state index in [1.54, 1.807) is 6.92 Å². The number of halogens is 3. The summed E-state index contributed by atoms with van der Waals surface area (Å²) in [6.07, 6.45) is 1.22. The second-order valence-corrected chi connectivity index (χ2v) is 5.59. The van der Waals surface area contributed by atoms with Crippen molar-refractivity contribution >= 4 is 21.8 Å². The van der Waals surface area contributed by atoms with Crippen LogP contribution in [0, 0.1) is 11.6 Å². The van der Waals surface area contributed by atoms with Gasteiger partial charge in [0.1, 0.15) is 17.2 Å². The van der Waals surface area contributed by atoms with Crippen LogP contribution in [0.25, 0.3) is 0 Å². The van der Waals surface area contributed by atoms with Crippen LogP contribution in [-0.2, 0) is 0 Å². The first-order chi connectivity index (χ1) is 8.76. The maximum atomic E-state index is 13.5. The average molecular weight is 336 g/mol. The average Bonchev–Trinajstić information content (AvgIpc) is 2.25. The first-order valence-electron chi connectivity index (χ1n) is 5.92. The number of amides is 1. The Bertz CT molecular complexity index is 455. The number of carbonyl (C=O) groups is 1. The van der Waals surface area contributed by atoms with Gasteiger partial charge in [-0.25, -0.2) is 8.78 Å². The minimum atomic E-state index is -1.09. The van der Waals surface area contributed by atoms with E-state index >= 15 is 0 Å². The maximum Gasteiger partial charge on any atom is 0.257 e. The van der Waals surface area contributed by atoms with Crippen LogP contribution in [0.4, 0.5) is 8.78 Å². The molecule has 3 nitrogen and oxygen atoms in total. The van der Waals surface area contributed by atoms with Gasteiger partial charge >= 0.3 is 0 Å². The second kappa shape index (κ2) is 6.43. The van der Waals surface area contributed by atoms with Gasteiger partial charge in [0, 0.05) is 11.0 Å². The Morgan fingerprint density at radius 2 is 1.95 bits per heavy atom. The summed E-state index contributed by atoms with van der Waals surface area (Å²) < 4.78 is 27.3. The smallest absolute Gasteiger partial charge is 0.257 e. The zero-order chi connectivity index (χ0) is 14.6. The third kappa shape index (κ3) is 4.54. The molecule has 19 heavy (non-hydrogen) atoms. The Balaban J connectivity index is 2.80. The summed E-state index contributed by atoms with van der Waals surface area (Å²) >= 11 is 2.94. The highest BCUT2D eigenvalue weighted by molar-refractivity contribution is 9.10. The molecule has 0 saturated carbocycles. The number of hydrogen-bond donors (Lipinski definition) is 2. The Morgan fingerprint density at radius 1 is 1.42 bits per heavy atom. The van der Waals surface area contributed by atoms with Gasteiger partial charge in [0.05, 0.1) is 5.60 Å². The first-order valence-corrected chi connectivity index (χ1v) is 6.71. The van der Waals surface area contributed by atoms with Gasteiger partial charge in [-0.1, -0.05) is 29.3 Å². The number of carbonyl (C=O) groups excluding carboxylic acids is 1. The minimum absolute atomic E-state index is 0.0609. The molecule has 0 fully saturated rings. The lowest BCUT2D eigenvalue weighted by Crippen LogP contribution is -2.41. The largest absolute Gasteiger partial charge is 0.388 e. The molecule has 0 aliphatic rings.